The number of hydrogen-bond acceptors (Lipinski definition) is 6. The van der Waals surface area contributed by atoms with E-state index >= 15 is 0 Å². The second-order valence-electron chi connectivity index (χ2n) is 5.82. The van der Waals surface area contributed by atoms with Gasteiger partial charge in [0, 0.05) is 19.0 Å². The van der Waals surface area contributed by atoms with Gasteiger partial charge in [0.25, 0.3) is 0 Å². The van der Waals surface area contributed by atoms with Gasteiger partial charge in [0.2, 0.25) is 5.91 Å². The highest BCUT2D eigenvalue weighted by Crippen LogP contribution is 2.21. The number of thioether (sulfide) groups is 1. The predicted molar refractivity (Wildman–Crippen MR) is 83.5 cm³/mol. The Hall–Kier alpha value is -1.09. The van der Waals surface area contributed by atoms with Crippen LogP contribution in [0, 0.1) is 0 Å². The number of aryl methyl sites for hydroxylation is 1. The van der Waals surface area contributed by atoms with Gasteiger partial charge in [0.05, 0.1) is 17.3 Å². The highest BCUT2D eigenvalue weighted by atomic mass is 32.2. The molecule has 22 heavy (non-hydrogen) atoms. The first-order chi connectivity index (χ1) is 10.5. The van der Waals surface area contributed by atoms with Gasteiger partial charge in [-0.1, -0.05) is 18.2 Å². The average Bonchev–Trinajstić information content (AvgIpc) is 2.91. The largest absolute Gasteiger partial charge is 0.352 e. The Balaban J connectivity index is 1.52. The summed E-state index contributed by atoms with van der Waals surface area (Å²) in [7, 11) is -2.96. The molecule has 122 valence electrons. The van der Waals surface area contributed by atoms with E-state index in [0.29, 0.717) is 6.42 Å². The number of fused-ring (bicyclic) bond motifs is 1. The number of nitrogens with one attached hydrogen (secondary N) is 1. The molecule has 1 aromatic rings. The minimum Gasteiger partial charge on any atom is -0.352 e. The highest BCUT2D eigenvalue weighted by molar-refractivity contribution is 7.99. The fourth-order valence-electron chi connectivity index (χ4n) is 2.87. The number of carbonyl (C=O) groups is 1. The number of carbonyl (C=O) groups excluding carboxylic acids is 1. The molecule has 2 aliphatic heterocycles. The van der Waals surface area contributed by atoms with Crippen molar-refractivity contribution < 1.29 is 13.2 Å². The van der Waals surface area contributed by atoms with E-state index in [1.165, 1.54) is 18.2 Å². The zero-order valence-corrected chi connectivity index (χ0v) is 14.0. The van der Waals surface area contributed by atoms with Gasteiger partial charge in [-0.05, 0) is 19.3 Å². The Morgan fingerprint density at radius 3 is 2.95 bits per heavy atom. The standard InChI is InChI=1S/C13H20N4O3S2/c18-12(14-10-5-7-22(19,20)9-10)8-21-13-16-15-11-4-2-1-3-6-17(11)13/h10H,1-9H2,(H,14,18)/t10-/m1/s1. The second kappa shape index (κ2) is 6.57. The fourth-order valence-corrected chi connectivity index (χ4v) is 5.34. The van der Waals surface area contributed by atoms with Crippen LogP contribution in [0.1, 0.15) is 31.5 Å². The van der Waals surface area contributed by atoms with Gasteiger partial charge in [0.15, 0.2) is 15.0 Å². The van der Waals surface area contributed by atoms with Crippen LogP contribution in [-0.4, -0.2) is 52.4 Å². The Kier molecular flexibility index (Phi) is 4.72. The molecule has 0 spiro atoms. The molecule has 1 amide bonds. The third-order valence-electron chi connectivity index (χ3n) is 4.01. The maximum atomic E-state index is 12.0. The van der Waals surface area contributed by atoms with E-state index in [1.54, 1.807) is 0 Å². The Labute approximate surface area is 134 Å². The lowest BCUT2D eigenvalue weighted by molar-refractivity contribution is -0.119. The SMILES string of the molecule is O=C(CSc1nnc2n1CCCCC2)N[C@@H]1CCS(=O)(=O)C1. The van der Waals surface area contributed by atoms with Crippen molar-refractivity contribution in [3.05, 3.63) is 5.82 Å². The van der Waals surface area contributed by atoms with E-state index in [-0.39, 0.29) is 29.2 Å². The van der Waals surface area contributed by atoms with E-state index in [9.17, 15) is 13.2 Å². The van der Waals surface area contributed by atoms with Gasteiger partial charge in [-0.2, -0.15) is 0 Å². The van der Waals surface area contributed by atoms with Crippen molar-refractivity contribution in [3.63, 3.8) is 0 Å². The maximum absolute atomic E-state index is 12.0. The van der Waals surface area contributed by atoms with Crippen molar-refractivity contribution >= 4 is 27.5 Å². The quantitative estimate of drug-likeness (QED) is 0.795. The van der Waals surface area contributed by atoms with Crippen LogP contribution in [0.15, 0.2) is 5.16 Å². The van der Waals surface area contributed by atoms with Gasteiger partial charge in [-0.15, -0.1) is 10.2 Å². The van der Waals surface area contributed by atoms with E-state index in [1.807, 2.05) is 0 Å². The smallest absolute Gasteiger partial charge is 0.230 e. The molecule has 9 heteroatoms. The fraction of sp³-hybridized carbons (Fsp3) is 0.769. The lowest BCUT2D eigenvalue weighted by Crippen LogP contribution is -2.36. The van der Waals surface area contributed by atoms with Crippen molar-refractivity contribution in [2.45, 2.75) is 49.8 Å². The Morgan fingerprint density at radius 1 is 1.32 bits per heavy atom. The summed E-state index contributed by atoms with van der Waals surface area (Å²) in [6.45, 7) is 0.910. The van der Waals surface area contributed by atoms with Crippen molar-refractivity contribution in [1.29, 1.82) is 0 Å². The van der Waals surface area contributed by atoms with Crippen LogP contribution < -0.4 is 5.32 Å². The molecule has 1 fully saturated rings. The van der Waals surface area contributed by atoms with E-state index in [0.717, 1.165) is 36.8 Å². The molecule has 0 aromatic carbocycles. The summed E-state index contributed by atoms with van der Waals surface area (Å²) < 4.78 is 24.9. The molecule has 0 unspecified atom stereocenters. The first-order valence-electron chi connectivity index (χ1n) is 7.58. The number of amides is 1. The van der Waals surface area contributed by atoms with E-state index in [2.05, 4.69) is 20.1 Å². The van der Waals surface area contributed by atoms with E-state index < -0.39 is 9.84 Å². The summed E-state index contributed by atoms with van der Waals surface area (Å²) in [4.78, 5) is 12.0. The zero-order valence-electron chi connectivity index (χ0n) is 12.3. The lowest BCUT2D eigenvalue weighted by atomic mass is 10.2. The number of aromatic nitrogens is 3. The van der Waals surface area contributed by atoms with E-state index in [4.69, 9.17) is 0 Å². The topological polar surface area (TPSA) is 93.9 Å². The molecule has 3 rings (SSSR count). The number of sulfone groups is 1. The van der Waals surface area contributed by atoms with Crippen LogP contribution in [-0.2, 0) is 27.6 Å². The predicted octanol–water partition coefficient (Wildman–Crippen LogP) is 0.400. The van der Waals surface area contributed by atoms with Gasteiger partial charge in [-0.25, -0.2) is 8.42 Å². The molecule has 0 radical (unpaired) electrons. The van der Waals surface area contributed by atoms with Gasteiger partial charge in [-0.3, -0.25) is 4.79 Å². The summed E-state index contributed by atoms with van der Waals surface area (Å²) in [6.07, 6.45) is 4.91. The van der Waals surface area contributed by atoms with Crippen LogP contribution in [0.5, 0.6) is 0 Å². The molecule has 0 bridgehead atoms. The van der Waals surface area contributed by atoms with Crippen LogP contribution >= 0.6 is 11.8 Å². The third-order valence-corrected chi connectivity index (χ3v) is 6.74. The van der Waals surface area contributed by atoms with Crippen molar-refractivity contribution in [3.8, 4) is 0 Å². The number of nitrogens with zero attached hydrogens (tertiary/aromatic N) is 3. The summed E-state index contributed by atoms with van der Waals surface area (Å²) in [5.74, 6) is 1.33. The molecule has 7 nitrogen and oxygen atoms in total. The minimum atomic E-state index is -2.96. The second-order valence-corrected chi connectivity index (χ2v) is 8.99. The minimum absolute atomic E-state index is 0.0593. The first kappa shape index (κ1) is 15.8. The molecule has 1 N–H and O–H groups in total. The van der Waals surface area contributed by atoms with Crippen LogP contribution in [0.2, 0.25) is 0 Å². The van der Waals surface area contributed by atoms with Crippen LogP contribution in [0.4, 0.5) is 0 Å². The zero-order chi connectivity index (χ0) is 15.6. The summed E-state index contributed by atoms with van der Waals surface area (Å²) >= 11 is 1.37. The maximum Gasteiger partial charge on any atom is 0.230 e. The molecule has 1 aromatic heterocycles. The highest BCUT2D eigenvalue weighted by Gasteiger charge is 2.29. The van der Waals surface area contributed by atoms with Gasteiger partial charge in [0.1, 0.15) is 5.82 Å². The first-order valence-corrected chi connectivity index (χ1v) is 10.4. The molecular weight excluding hydrogens is 324 g/mol. The van der Waals surface area contributed by atoms with Crippen LogP contribution in [0.3, 0.4) is 0 Å². The van der Waals surface area contributed by atoms with Crippen molar-refractivity contribution in [2.75, 3.05) is 17.3 Å². The summed E-state index contributed by atoms with van der Waals surface area (Å²) in [5, 5.41) is 11.9. The van der Waals surface area contributed by atoms with Crippen LogP contribution in [0.25, 0.3) is 0 Å². The molecule has 0 aliphatic carbocycles. The third kappa shape index (κ3) is 3.81. The monoisotopic (exact) mass is 344 g/mol. The number of hydrogen-bond donors (Lipinski definition) is 1. The van der Waals surface area contributed by atoms with Crippen molar-refractivity contribution in [1.82, 2.24) is 20.1 Å². The van der Waals surface area contributed by atoms with Crippen molar-refractivity contribution in [2.24, 2.45) is 0 Å². The Morgan fingerprint density at radius 2 is 2.18 bits per heavy atom. The number of rotatable bonds is 4. The molecule has 3 heterocycles. The molecule has 2 aliphatic rings. The molecular formula is C13H20N4O3S2. The Bertz CT molecular complexity index is 656. The summed E-state index contributed by atoms with van der Waals surface area (Å²) in [6, 6.07) is -0.242. The van der Waals surface area contributed by atoms with Gasteiger partial charge >= 0.3 is 0 Å². The summed E-state index contributed by atoms with van der Waals surface area (Å²) in [5.41, 5.74) is 0. The van der Waals surface area contributed by atoms with Gasteiger partial charge < -0.3 is 9.88 Å². The molecule has 1 atom stereocenters. The average molecular weight is 344 g/mol. The normalized spacial score (nSPS) is 23.7. The lowest BCUT2D eigenvalue weighted by Gasteiger charge is -2.10. The molecule has 1 saturated heterocycles. The molecule has 0 saturated carbocycles.